The van der Waals surface area contributed by atoms with Crippen molar-refractivity contribution in [2.24, 2.45) is 0 Å². The van der Waals surface area contributed by atoms with Crippen LogP contribution in [0.2, 0.25) is 0 Å². The summed E-state index contributed by atoms with van der Waals surface area (Å²) in [6.07, 6.45) is 20.7. The zero-order valence-corrected chi connectivity index (χ0v) is 17.0. The number of unbranched alkanes of at least 4 members (excludes halogenated alkanes) is 14. The predicted octanol–water partition coefficient (Wildman–Crippen LogP) is 6.94. The molecular formula is C24H42BaO2. The zero-order chi connectivity index (χ0) is 18.7. The zero-order valence-electron chi connectivity index (χ0n) is 17.0. The number of carbonyl (C=O) groups excluding carboxylic acids is 1. The maximum atomic E-state index is 11.7. The first-order valence-corrected chi connectivity index (χ1v) is 11.1. The molecular weight excluding hydrogens is 458 g/mol. The Hall–Kier alpha value is 0.261. The standard InChI is InChI=1S/C24H40O2.Ba.2H/c1-2-3-4-5-6-7-8-9-10-11-12-13-14-15-19-22-24(25)26-23-20-17-16-18-21-23;;;/h16-18,20-21H,2-15,19,22H2,1H3;;;. The Morgan fingerprint density at radius 3 is 1.52 bits per heavy atom. The summed E-state index contributed by atoms with van der Waals surface area (Å²) in [5.74, 6) is 0.546. The van der Waals surface area contributed by atoms with E-state index in [1.54, 1.807) is 0 Å². The van der Waals surface area contributed by atoms with Crippen molar-refractivity contribution < 1.29 is 9.53 Å². The number of hydrogen-bond donors (Lipinski definition) is 0. The molecule has 0 radical (unpaired) electrons. The van der Waals surface area contributed by atoms with Crippen molar-refractivity contribution >= 4 is 54.9 Å². The number of para-hydroxylation sites is 1. The number of benzene rings is 1. The number of rotatable bonds is 17. The van der Waals surface area contributed by atoms with Gasteiger partial charge in [0.25, 0.3) is 0 Å². The van der Waals surface area contributed by atoms with Crippen molar-refractivity contribution in [3.05, 3.63) is 30.3 Å². The molecule has 3 heteroatoms. The number of ether oxygens (including phenoxy) is 1. The molecule has 0 amide bonds. The number of carbonyl (C=O) groups is 1. The van der Waals surface area contributed by atoms with E-state index < -0.39 is 0 Å². The topological polar surface area (TPSA) is 26.3 Å². The summed E-state index contributed by atoms with van der Waals surface area (Å²) in [4.78, 5) is 11.7. The molecule has 0 spiro atoms. The number of hydrogen-bond acceptors (Lipinski definition) is 2. The fraction of sp³-hybridized carbons (Fsp3) is 0.708. The summed E-state index contributed by atoms with van der Waals surface area (Å²) < 4.78 is 5.29. The van der Waals surface area contributed by atoms with Crippen molar-refractivity contribution in [3.8, 4) is 5.75 Å². The van der Waals surface area contributed by atoms with Crippen LogP contribution in [-0.4, -0.2) is 54.9 Å². The average molecular weight is 500 g/mol. The van der Waals surface area contributed by atoms with Gasteiger partial charge < -0.3 is 4.74 Å². The van der Waals surface area contributed by atoms with Crippen molar-refractivity contribution in [2.45, 2.75) is 110 Å². The summed E-state index contributed by atoms with van der Waals surface area (Å²) in [5, 5.41) is 0. The molecule has 0 saturated heterocycles. The van der Waals surface area contributed by atoms with Crippen LogP contribution in [0.25, 0.3) is 0 Å². The molecule has 0 aliphatic carbocycles. The second-order valence-corrected chi connectivity index (χ2v) is 7.49. The van der Waals surface area contributed by atoms with E-state index >= 15 is 0 Å². The Bertz CT molecular complexity index is 433. The van der Waals surface area contributed by atoms with Gasteiger partial charge in [0, 0.05) is 6.42 Å². The second-order valence-electron chi connectivity index (χ2n) is 7.49. The molecule has 1 rings (SSSR count). The van der Waals surface area contributed by atoms with Gasteiger partial charge in [-0.2, -0.15) is 0 Å². The molecule has 1 aromatic rings. The Balaban J connectivity index is 0.00000676. The van der Waals surface area contributed by atoms with E-state index in [2.05, 4.69) is 6.92 Å². The van der Waals surface area contributed by atoms with Gasteiger partial charge in [-0.15, -0.1) is 0 Å². The van der Waals surface area contributed by atoms with Crippen LogP contribution in [-0.2, 0) is 4.79 Å². The molecule has 0 aromatic heterocycles. The van der Waals surface area contributed by atoms with Gasteiger partial charge in [-0.3, -0.25) is 4.79 Å². The molecule has 0 aliphatic heterocycles. The second kappa shape index (κ2) is 21.0. The summed E-state index contributed by atoms with van der Waals surface area (Å²) in [6.45, 7) is 2.28. The van der Waals surface area contributed by atoms with Gasteiger partial charge in [0.05, 0.1) is 0 Å². The minimum absolute atomic E-state index is 0. The molecule has 2 nitrogen and oxygen atoms in total. The van der Waals surface area contributed by atoms with Crippen LogP contribution in [0.15, 0.2) is 30.3 Å². The van der Waals surface area contributed by atoms with E-state index in [1.165, 1.54) is 83.5 Å². The summed E-state index contributed by atoms with van der Waals surface area (Å²) >= 11 is 0. The Morgan fingerprint density at radius 1 is 0.667 bits per heavy atom. The molecule has 0 fully saturated rings. The Labute approximate surface area is 208 Å². The van der Waals surface area contributed by atoms with Crippen LogP contribution >= 0.6 is 0 Å². The van der Waals surface area contributed by atoms with Crippen LogP contribution < -0.4 is 4.74 Å². The van der Waals surface area contributed by atoms with E-state index in [4.69, 9.17) is 4.74 Å². The minimum atomic E-state index is -0.106. The molecule has 27 heavy (non-hydrogen) atoms. The van der Waals surface area contributed by atoms with Crippen molar-refractivity contribution in [2.75, 3.05) is 0 Å². The third-order valence-electron chi connectivity index (χ3n) is 4.96. The van der Waals surface area contributed by atoms with Gasteiger partial charge >= 0.3 is 54.9 Å². The first-order chi connectivity index (χ1) is 12.8. The summed E-state index contributed by atoms with van der Waals surface area (Å²) in [7, 11) is 0. The summed E-state index contributed by atoms with van der Waals surface area (Å²) in [6, 6.07) is 9.34. The molecule has 152 valence electrons. The molecule has 0 N–H and O–H groups in total. The van der Waals surface area contributed by atoms with E-state index in [0.717, 1.165) is 12.8 Å². The molecule has 0 bridgehead atoms. The van der Waals surface area contributed by atoms with Crippen LogP contribution in [0, 0.1) is 0 Å². The van der Waals surface area contributed by atoms with Crippen LogP contribution in [0.3, 0.4) is 0 Å². The Kier molecular flexibility index (Phi) is 21.2. The average Bonchev–Trinajstić information content (AvgIpc) is 2.65. The van der Waals surface area contributed by atoms with E-state index in [-0.39, 0.29) is 54.9 Å². The fourth-order valence-electron chi connectivity index (χ4n) is 3.31. The SMILES string of the molecule is CCCCCCCCCCCCCCCCCC(=O)Oc1ccccc1.[BaH2]. The molecule has 0 aliphatic rings. The molecule has 0 unspecified atom stereocenters. The molecule has 0 heterocycles. The Morgan fingerprint density at radius 2 is 1.07 bits per heavy atom. The normalized spacial score (nSPS) is 10.4. The summed E-state index contributed by atoms with van der Waals surface area (Å²) in [5.41, 5.74) is 0. The van der Waals surface area contributed by atoms with Crippen molar-refractivity contribution in [1.29, 1.82) is 0 Å². The molecule has 1 aromatic carbocycles. The first-order valence-electron chi connectivity index (χ1n) is 11.1. The van der Waals surface area contributed by atoms with Gasteiger partial charge in [0.2, 0.25) is 0 Å². The van der Waals surface area contributed by atoms with Gasteiger partial charge in [-0.1, -0.05) is 115 Å². The fourth-order valence-corrected chi connectivity index (χ4v) is 3.31. The predicted molar refractivity (Wildman–Crippen MR) is 120 cm³/mol. The van der Waals surface area contributed by atoms with Crippen LogP contribution in [0.4, 0.5) is 0 Å². The van der Waals surface area contributed by atoms with Gasteiger partial charge in [-0.25, -0.2) is 0 Å². The van der Waals surface area contributed by atoms with Crippen LogP contribution in [0.1, 0.15) is 110 Å². The van der Waals surface area contributed by atoms with Gasteiger partial charge in [-0.05, 0) is 18.6 Å². The van der Waals surface area contributed by atoms with Crippen LogP contribution in [0.5, 0.6) is 5.75 Å². The quantitative estimate of drug-likeness (QED) is 0.100. The van der Waals surface area contributed by atoms with Gasteiger partial charge in [0.1, 0.15) is 5.75 Å². The molecule has 0 atom stereocenters. The maximum absolute atomic E-state index is 11.7. The third-order valence-corrected chi connectivity index (χ3v) is 4.96. The monoisotopic (exact) mass is 500 g/mol. The van der Waals surface area contributed by atoms with E-state index in [0.29, 0.717) is 12.2 Å². The van der Waals surface area contributed by atoms with Crippen molar-refractivity contribution in [1.82, 2.24) is 0 Å². The third kappa shape index (κ3) is 18.1. The molecule has 0 saturated carbocycles. The van der Waals surface area contributed by atoms with Crippen molar-refractivity contribution in [3.63, 3.8) is 0 Å². The van der Waals surface area contributed by atoms with E-state index in [9.17, 15) is 4.79 Å². The first kappa shape index (κ1) is 27.3. The number of esters is 1. The van der Waals surface area contributed by atoms with E-state index in [1.807, 2.05) is 30.3 Å². The van der Waals surface area contributed by atoms with Gasteiger partial charge in [0.15, 0.2) is 0 Å².